The van der Waals surface area contributed by atoms with Crippen LogP contribution in [0.15, 0.2) is 60.7 Å². The van der Waals surface area contributed by atoms with Gasteiger partial charge in [-0.25, -0.2) is 13.2 Å². The molecule has 130 valence electrons. The fourth-order valence-corrected chi connectivity index (χ4v) is 3.10. The fourth-order valence-electron chi connectivity index (χ4n) is 2.63. The predicted molar refractivity (Wildman–Crippen MR) is 88.7 cm³/mol. The number of hydrogen-bond acceptors (Lipinski definition) is 2. The van der Waals surface area contributed by atoms with Gasteiger partial charge in [-0.05, 0) is 47.5 Å². The summed E-state index contributed by atoms with van der Waals surface area (Å²) in [5.41, 5.74) is 1.98. The van der Waals surface area contributed by atoms with E-state index in [0.717, 1.165) is 0 Å². The zero-order valence-corrected chi connectivity index (χ0v) is 13.7. The van der Waals surface area contributed by atoms with E-state index in [2.05, 4.69) is 0 Å². The minimum Gasteiger partial charge on any atom is -0.772 e. The molecule has 0 bridgehead atoms. The zero-order chi connectivity index (χ0) is 18.0. The van der Waals surface area contributed by atoms with Gasteiger partial charge in [-0.2, -0.15) is 0 Å². The van der Waals surface area contributed by atoms with E-state index < -0.39 is 23.3 Å². The molecule has 0 saturated carbocycles. The van der Waals surface area contributed by atoms with Crippen LogP contribution in [0.1, 0.15) is 17.7 Å². The van der Waals surface area contributed by atoms with Crippen molar-refractivity contribution in [2.24, 2.45) is 0 Å². The molecule has 0 radical (unpaired) electrons. The van der Waals surface area contributed by atoms with E-state index in [-0.39, 0.29) is 11.4 Å². The molecular weight excluding hydrogens is 351 g/mol. The topological polar surface area (TPSA) is 45.1 Å². The smallest absolute Gasteiger partial charge is 0.278 e. The summed E-state index contributed by atoms with van der Waals surface area (Å²) in [5, 5.41) is 0. The van der Waals surface area contributed by atoms with Crippen molar-refractivity contribution >= 4 is 11.1 Å². The molecular formula is C18H13F3NO2S-. The standard InChI is InChI=1S/C18H14F3NO2S/c19-14-5-7-15(8-6-14)22-16(9-10-17(22)18(20)21)13-3-1-12(2-4-13)11-25(23)24/h1-10,18H,11H2,(H,23,24)/p-1. The third kappa shape index (κ3) is 3.83. The Balaban J connectivity index is 2.07. The molecule has 3 aromatic rings. The first-order valence-corrected chi connectivity index (χ1v) is 8.61. The maximum Gasteiger partial charge on any atom is 0.278 e. The van der Waals surface area contributed by atoms with Crippen LogP contribution in [0.5, 0.6) is 0 Å². The molecule has 1 heterocycles. The molecule has 0 N–H and O–H groups in total. The van der Waals surface area contributed by atoms with Gasteiger partial charge in [0.05, 0.1) is 11.4 Å². The highest BCUT2D eigenvalue weighted by Crippen LogP contribution is 2.32. The molecule has 1 atom stereocenters. The third-order valence-electron chi connectivity index (χ3n) is 3.75. The normalized spacial score (nSPS) is 12.5. The van der Waals surface area contributed by atoms with Gasteiger partial charge < -0.3 is 9.12 Å². The van der Waals surface area contributed by atoms with Crippen LogP contribution in [0.4, 0.5) is 13.2 Å². The molecule has 7 heteroatoms. The van der Waals surface area contributed by atoms with E-state index in [1.54, 1.807) is 30.3 Å². The molecule has 3 rings (SSSR count). The van der Waals surface area contributed by atoms with Crippen molar-refractivity contribution in [2.45, 2.75) is 12.2 Å². The van der Waals surface area contributed by atoms with Gasteiger partial charge in [0.2, 0.25) is 0 Å². The van der Waals surface area contributed by atoms with Crippen LogP contribution in [0.3, 0.4) is 0 Å². The van der Waals surface area contributed by atoms with Crippen molar-refractivity contribution in [3.05, 3.63) is 77.7 Å². The highest BCUT2D eigenvalue weighted by molar-refractivity contribution is 7.78. The molecule has 0 amide bonds. The quantitative estimate of drug-likeness (QED) is 0.621. The summed E-state index contributed by atoms with van der Waals surface area (Å²) in [5.74, 6) is -0.562. The summed E-state index contributed by atoms with van der Waals surface area (Å²) < 4.78 is 62.7. The summed E-state index contributed by atoms with van der Waals surface area (Å²) in [6.45, 7) is 0. The summed E-state index contributed by atoms with van der Waals surface area (Å²) in [7, 11) is 0. The number of aromatic nitrogens is 1. The van der Waals surface area contributed by atoms with Gasteiger partial charge in [0.1, 0.15) is 5.82 Å². The lowest BCUT2D eigenvalue weighted by atomic mass is 10.1. The van der Waals surface area contributed by atoms with Gasteiger partial charge in [0, 0.05) is 11.4 Å². The number of benzene rings is 2. The van der Waals surface area contributed by atoms with E-state index >= 15 is 0 Å². The van der Waals surface area contributed by atoms with Crippen molar-refractivity contribution in [1.82, 2.24) is 4.57 Å². The van der Waals surface area contributed by atoms with Crippen LogP contribution in [-0.4, -0.2) is 13.3 Å². The summed E-state index contributed by atoms with van der Waals surface area (Å²) >= 11 is -2.20. The Labute approximate surface area is 145 Å². The van der Waals surface area contributed by atoms with Gasteiger partial charge in [-0.1, -0.05) is 35.3 Å². The Morgan fingerprint density at radius 1 is 0.960 bits per heavy atom. The van der Waals surface area contributed by atoms with E-state index in [9.17, 15) is 21.9 Å². The number of nitrogens with zero attached hydrogens (tertiary/aromatic N) is 1. The minimum atomic E-state index is -2.69. The summed E-state index contributed by atoms with van der Waals surface area (Å²) in [6.07, 6.45) is -2.69. The first-order valence-electron chi connectivity index (χ1n) is 7.36. The van der Waals surface area contributed by atoms with Crippen molar-refractivity contribution < 1.29 is 21.9 Å². The van der Waals surface area contributed by atoms with Gasteiger partial charge in [-0.15, -0.1) is 0 Å². The molecule has 0 aliphatic heterocycles. The van der Waals surface area contributed by atoms with Crippen molar-refractivity contribution in [3.63, 3.8) is 0 Å². The van der Waals surface area contributed by atoms with Crippen LogP contribution in [0, 0.1) is 5.82 Å². The molecule has 0 saturated heterocycles. The lowest BCUT2D eigenvalue weighted by Crippen LogP contribution is -2.03. The average molecular weight is 364 g/mol. The number of rotatable bonds is 5. The molecule has 2 aromatic carbocycles. The molecule has 3 nitrogen and oxygen atoms in total. The zero-order valence-electron chi connectivity index (χ0n) is 12.9. The highest BCUT2D eigenvalue weighted by Gasteiger charge is 2.18. The molecule has 0 aliphatic rings. The van der Waals surface area contributed by atoms with E-state index in [4.69, 9.17) is 0 Å². The minimum absolute atomic E-state index is 0.110. The van der Waals surface area contributed by atoms with Gasteiger partial charge in [-0.3, -0.25) is 4.21 Å². The Bertz CT molecular complexity index is 890. The number of halogens is 3. The van der Waals surface area contributed by atoms with Crippen LogP contribution in [-0.2, 0) is 16.8 Å². The molecule has 0 aliphatic carbocycles. The van der Waals surface area contributed by atoms with Crippen molar-refractivity contribution in [1.29, 1.82) is 0 Å². The van der Waals surface area contributed by atoms with Gasteiger partial charge >= 0.3 is 0 Å². The highest BCUT2D eigenvalue weighted by atomic mass is 32.2. The second kappa shape index (κ2) is 7.25. The Morgan fingerprint density at radius 2 is 1.60 bits per heavy atom. The average Bonchev–Trinajstić information content (AvgIpc) is 3.01. The fraction of sp³-hybridized carbons (Fsp3) is 0.111. The lowest BCUT2D eigenvalue weighted by molar-refractivity contribution is 0.144. The SMILES string of the molecule is O=S([O-])Cc1ccc(-c2ccc(C(F)F)n2-c2ccc(F)cc2)cc1. The van der Waals surface area contributed by atoms with E-state index in [1.165, 1.54) is 34.9 Å². The van der Waals surface area contributed by atoms with Crippen LogP contribution in [0.25, 0.3) is 16.9 Å². The Kier molecular flexibility index (Phi) is 5.06. The van der Waals surface area contributed by atoms with Crippen molar-refractivity contribution in [3.8, 4) is 16.9 Å². The van der Waals surface area contributed by atoms with Gasteiger partial charge in [0.25, 0.3) is 6.43 Å². The number of hydrogen-bond donors (Lipinski definition) is 0. The second-order valence-corrected chi connectivity index (χ2v) is 6.30. The van der Waals surface area contributed by atoms with E-state index in [1.807, 2.05) is 0 Å². The third-order valence-corrected chi connectivity index (χ3v) is 4.32. The first kappa shape index (κ1) is 17.4. The summed E-state index contributed by atoms with van der Waals surface area (Å²) in [4.78, 5) is 0. The Hall–Kier alpha value is -2.38. The predicted octanol–water partition coefficient (Wildman–Crippen LogP) is 4.60. The molecule has 1 aromatic heterocycles. The van der Waals surface area contributed by atoms with Crippen molar-refractivity contribution in [2.75, 3.05) is 0 Å². The maximum atomic E-state index is 13.4. The molecule has 25 heavy (non-hydrogen) atoms. The molecule has 0 fully saturated rings. The van der Waals surface area contributed by atoms with E-state index in [0.29, 0.717) is 22.5 Å². The monoisotopic (exact) mass is 364 g/mol. The van der Waals surface area contributed by atoms with Gasteiger partial charge in [0.15, 0.2) is 0 Å². The van der Waals surface area contributed by atoms with Crippen LogP contribution >= 0.6 is 0 Å². The molecule has 1 unspecified atom stereocenters. The van der Waals surface area contributed by atoms with Crippen LogP contribution in [0.2, 0.25) is 0 Å². The largest absolute Gasteiger partial charge is 0.772 e. The lowest BCUT2D eigenvalue weighted by Gasteiger charge is -2.14. The second-order valence-electron chi connectivity index (χ2n) is 5.40. The number of alkyl halides is 2. The first-order chi connectivity index (χ1) is 12.0. The summed E-state index contributed by atoms with van der Waals surface area (Å²) in [6, 6.07) is 14.8. The van der Waals surface area contributed by atoms with Crippen LogP contribution < -0.4 is 0 Å². The maximum absolute atomic E-state index is 13.4. The molecule has 0 spiro atoms. The Morgan fingerprint density at radius 3 is 2.16 bits per heavy atom.